The minimum Gasteiger partial charge on any atom is -0.497 e. The molecule has 1 amide bonds. The highest BCUT2D eigenvalue weighted by atomic mass is 35.5. The Morgan fingerprint density at radius 1 is 1.42 bits per heavy atom. The van der Waals surface area contributed by atoms with Gasteiger partial charge in [-0.05, 0) is 24.1 Å². The van der Waals surface area contributed by atoms with Crippen molar-refractivity contribution in [3.63, 3.8) is 0 Å². The van der Waals surface area contributed by atoms with Crippen LogP contribution >= 0.6 is 11.6 Å². The van der Waals surface area contributed by atoms with E-state index in [1.165, 1.54) is 0 Å². The Bertz CT molecular complexity index is 392. The molecule has 1 aromatic rings. The number of carbonyl (C=O) groups excluding carboxylic acids is 1. The van der Waals surface area contributed by atoms with E-state index in [-0.39, 0.29) is 11.9 Å². The minimum absolute atomic E-state index is 0.0411. The molecule has 0 saturated heterocycles. The second-order valence-corrected chi connectivity index (χ2v) is 4.60. The van der Waals surface area contributed by atoms with Crippen LogP contribution in [-0.2, 0) is 16.0 Å². The normalized spacial score (nSPS) is 11.9. The van der Waals surface area contributed by atoms with Crippen LogP contribution in [-0.4, -0.2) is 38.7 Å². The van der Waals surface area contributed by atoms with Crippen molar-refractivity contribution in [1.82, 2.24) is 5.32 Å². The zero-order valence-electron chi connectivity index (χ0n) is 11.3. The van der Waals surface area contributed by atoms with E-state index in [0.717, 1.165) is 11.3 Å². The molecule has 4 nitrogen and oxygen atoms in total. The van der Waals surface area contributed by atoms with Crippen LogP contribution in [0.15, 0.2) is 24.3 Å². The van der Waals surface area contributed by atoms with Gasteiger partial charge in [-0.3, -0.25) is 4.79 Å². The number of ether oxygens (including phenoxy) is 2. The Morgan fingerprint density at radius 3 is 2.84 bits per heavy atom. The second kappa shape index (κ2) is 8.77. The van der Waals surface area contributed by atoms with Crippen molar-refractivity contribution in [3.8, 4) is 5.75 Å². The third kappa shape index (κ3) is 5.94. The van der Waals surface area contributed by atoms with E-state index in [0.29, 0.717) is 25.3 Å². The van der Waals surface area contributed by atoms with Crippen molar-refractivity contribution in [2.45, 2.75) is 18.9 Å². The highest BCUT2D eigenvalue weighted by molar-refractivity contribution is 6.17. The first-order valence-corrected chi connectivity index (χ1v) is 6.70. The number of amides is 1. The third-order valence-corrected chi connectivity index (χ3v) is 2.91. The molecule has 106 valence electrons. The molecule has 0 heterocycles. The number of carbonyl (C=O) groups is 1. The van der Waals surface area contributed by atoms with Gasteiger partial charge in [0.2, 0.25) is 5.91 Å². The molecule has 19 heavy (non-hydrogen) atoms. The summed E-state index contributed by atoms with van der Waals surface area (Å²) in [6, 6.07) is 7.43. The maximum atomic E-state index is 11.9. The first-order chi connectivity index (χ1) is 9.19. The third-order valence-electron chi connectivity index (χ3n) is 2.69. The maximum Gasteiger partial charge on any atom is 0.224 e. The van der Waals surface area contributed by atoms with Crippen LogP contribution in [0.4, 0.5) is 0 Å². The van der Waals surface area contributed by atoms with Gasteiger partial charge in [0.25, 0.3) is 0 Å². The summed E-state index contributed by atoms with van der Waals surface area (Å²) in [4.78, 5) is 11.9. The van der Waals surface area contributed by atoms with Crippen molar-refractivity contribution < 1.29 is 14.3 Å². The lowest BCUT2D eigenvalue weighted by Crippen LogP contribution is -2.39. The van der Waals surface area contributed by atoms with Gasteiger partial charge in [0.15, 0.2) is 0 Å². The zero-order valence-corrected chi connectivity index (χ0v) is 12.1. The Kier molecular flexibility index (Phi) is 7.30. The molecule has 1 atom stereocenters. The van der Waals surface area contributed by atoms with Crippen LogP contribution in [0.5, 0.6) is 5.75 Å². The Labute approximate surface area is 119 Å². The molecule has 5 heteroatoms. The average molecular weight is 286 g/mol. The monoisotopic (exact) mass is 285 g/mol. The van der Waals surface area contributed by atoms with Gasteiger partial charge in [0.1, 0.15) is 5.75 Å². The zero-order chi connectivity index (χ0) is 14.1. The molecule has 0 spiro atoms. The Morgan fingerprint density at radius 2 is 2.21 bits per heavy atom. The van der Waals surface area contributed by atoms with E-state index >= 15 is 0 Å². The molecule has 1 aromatic carbocycles. The number of hydrogen-bond donors (Lipinski definition) is 1. The standard InChI is InChI=1S/C14H20ClNO3/c1-18-10-12(6-7-15)16-14(17)9-11-4-3-5-13(8-11)19-2/h3-5,8,12H,6-7,9-10H2,1-2H3,(H,16,17). The quantitative estimate of drug-likeness (QED) is 0.743. The number of halogens is 1. The van der Waals surface area contributed by atoms with E-state index in [1.807, 2.05) is 24.3 Å². The summed E-state index contributed by atoms with van der Waals surface area (Å²) in [7, 11) is 3.21. The molecule has 0 radical (unpaired) electrons. The molecule has 1 N–H and O–H groups in total. The SMILES string of the molecule is COCC(CCCl)NC(=O)Cc1cccc(OC)c1. The van der Waals surface area contributed by atoms with Crippen molar-refractivity contribution in [3.05, 3.63) is 29.8 Å². The van der Waals surface area contributed by atoms with E-state index in [9.17, 15) is 4.79 Å². The number of methoxy groups -OCH3 is 2. The first kappa shape index (κ1) is 15.8. The van der Waals surface area contributed by atoms with Crippen LogP contribution in [0.1, 0.15) is 12.0 Å². The lowest BCUT2D eigenvalue weighted by Gasteiger charge is -2.16. The smallest absolute Gasteiger partial charge is 0.224 e. The summed E-state index contributed by atoms with van der Waals surface area (Å²) in [6.07, 6.45) is 1.01. The van der Waals surface area contributed by atoms with Gasteiger partial charge in [-0.2, -0.15) is 0 Å². The number of nitrogens with one attached hydrogen (secondary N) is 1. The van der Waals surface area contributed by atoms with Gasteiger partial charge in [-0.15, -0.1) is 11.6 Å². The van der Waals surface area contributed by atoms with Crippen molar-refractivity contribution in [2.24, 2.45) is 0 Å². The van der Waals surface area contributed by atoms with Crippen LogP contribution in [0.2, 0.25) is 0 Å². The number of alkyl halides is 1. The van der Waals surface area contributed by atoms with Crippen molar-refractivity contribution >= 4 is 17.5 Å². The molecule has 0 aromatic heterocycles. The molecule has 0 aliphatic carbocycles. The van der Waals surface area contributed by atoms with Crippen LogP contribution in [0.3, 0.4) is 0 Å². The van der Waals surface area contributed by atoms with Crippen LogP contribution in [0, 0.1) is 0 Å². The molecule has 1 unspecified atom stereocenters. The molecule has 0 aliphatic heterocycles. The predicted molar refractivity (Wildman–Crippen MR) is 75.8 cm³/mol. The van der Waals surface area contributed by atoms with Crippen molar-refractivity contribution in [2.75, 3.05) is 26.7 Å². The second-order valence-electron chi connectivity index (χ2n) is 4.23. The van der Waals surface area contributed by atoms with Crippen molar-refractivity contribution in [1.29, 1.82) is 0 Å². The highest BCUT2D eigenvalue weighted by Gasteiger charge is 2.12. The van der Waals surface area contributed by atoms with Crippen LogP contribution < -0.4 is 10.1 Å². The molecular formula is C14H20ClNO3. The fraction of sp³-hybridized carbons (Fsp3) is 0.500. The topological polar surface area (TPSA) is 47.6 Å². The van der Waals surface area contributed by atoms with Gasteiger partial charge in [-0.25, -0.2) is 0 Å². The number of benzene rings is 1. The largest absolute Gasteiger partial charge is 0.497 e. The summed E-state index contributed by atoms with van der Waals surface area (Å²) in [5.74, 6) is 1.20. The summed E-state index contributed by atoms with van der Waals surface area (Å²) in [5, 5.41) is 2.92. The molecule has 1 rings (SSSR count). The lowest BCUT2D eigenvalue weighted by atomic mass is 10.1. The highest BCUT2D eigenvalue weighted by Crippen LogP contribution is 2.13. The summed E-state index contributed by atoms with van der Waals surface area (Å²) < 4.78 is 10.2. The van der Waals surface area contributed by atoms with Gasteiger partial charge >= 0.3 is 0 Å². The Balaban J connectivity index is 2.53. The fourth-order valence-corrected chi connectivity index (χ4v) is 2.04. The summed E-state index contributed by atoms with van der Waals surface area (Å²) >= 11 is 5.69. The predicted octanol–water partition coefficient (Wildman–Crippen LogP) is 2.00. The van der Waals surface area contributed by atoms with E-state index in [4.69, 9.17) is 21.1 Å². The fourth-order valence-electron chi connectivity index (χ4n) is 1.78. The van der Waals surface area contributed by atoms with E-state index < -0.39 is 0 Å². The number of hydrogen-bond acceptors (Lipinski definition) is 3. The van der Waals surface area contributed by atoms with Gasteiger partial charge in [0.05, 0.1) is 26.2 Å². The molecule has 0 fully saturated rings. The molecule has 0 aliphatic rings. The lowest BCUT2D eigenvalue weighted by molar-refractivity contribution is -0.121. The van der Waals surface area contributed by atoms with Crippen LogP contribution in [0.25, 0.3) is 0 Å². The van der Waals surface area contributed by atoms with Gasteiger partial charge in [-0.1, -0.05) is 12.1 Å². The van der Waals surface area contributed by atoms with Gasteiger partial charge < -0.3 is 14.8 Å². The first-order valence-electron chi connectivity index (χ1n) is 6.16. The van der Waals surface area contributed by atoms with E-state index in [2.05, 4.69) is 5.32 Å². The molecular weight excluding hydrogens is 266 g/mol. The average Bonchev–Trinajstić information content (AvgIpc) is 2.39. The number of rotatable bonds is 8. The molecule has 0 saturated carbocycles. The maximum absolute atomic E-state index is 11.9. The summed E-state index contributed by atoms with van der Waals surface area (Å²) in [5.41, 5.74) is 0.916. The molecule has 0 bridgehead atoms. The summed E-state index contributed by atoms with van der Waals surface area (Å²) in [6.45, 7) is 0.469. The van der Waals surface area contributed by atoms with Gasteiger partial charge in [0, 0.05) is 13.0 Å². The minimum atomic E-state index is -0.0413. The van der Waals surface area contributed by atoms with E-state index in [1.54, 1.807) is 14.2 Å². The Hall–Kier alpha value is -1.26.